The van der Waals surface area contributed by atoms with Crippen molar-refractivity contribution in [3.05, 3.63) is 0 Å². The topological polar surface area (TPSA) is 96.9 Å². The van der Waals surface area contributed by atoms with Gasteiger partial charge < -0.3 is 25.2 Å². The molecule has 0 aromatic carbocycles. The highest BCUT2D eigenvalue weighted by molar-refractivity contribution is 5.76. The van der Waals surface area contributed by atoms with E-state index in [9.17, 15) is 9.59 Å². The van der Waals surface area contributed by atoms with Gasteiger partial charge in [-0.2, -0.15) is 0 Å². The Hall–Kier alpha value is -1.34. The molecule has 7 heteroatoms. The second kappa shape index (κ2) is 8.71. The van der Waals surface area contributed by atoms with Gasteiger partial charge in [-0.1, -0.05) is 0 Å². The minimum atomic E-state index is -0.947. The van der Waals surface area contributed by atoms with Crippen molar-refractivity contribution in [1.29, 1.82) is 0 Å². The second-order valence-corrected chi connectivity index (χ2v) is 4.08. The summed E-state index contributed by atoms with van der Waals surface area (Å²) in [6.45, 7) is 3.85. The van der Waals surface area contributed by atoms with Gasteiger partial charge in [0, 0.05) is 26.8 Å². The Labute approximate surface area is 107 Å². The Balaban J connectivity index is 4.00. The predicted molar refractivity (Wildman–Crippen MR) is 65.5 cm³/mol. The van der Waals surface area contributed by atoms with Gasteiger partial charge >= 0.3 is 12.0 Å². The Morgan fingerprint density at radius 3 is 2.33 bits per heavy atom. The molecule has 0 bridgehead atoms. The molecule has 18 heavy (non-hydrogen) atoms. The van der Waals surface area contributed by atoms with Crippen molar-refractivity contribution in [2.75, 3.05) is 27.4 Å². The Kier molecular flexibility index (Phi) is 8.06. The summed E-state index contributed by atoms with van der Waals surface area (Å²) in [4.78, 5) is 22.2. The summed E-state index contributed by atoms with van der Waals surface area (Å²) in [7, 11) is 3.07. The number of carbonyl (C=O) groups excluding carboxylic acids is 1. The van der Waals surface area contributed by atoms with E-state index in [0.717, 1.165) is 0 Å². The molecule has 0 spiro atoms. The molecule has 3 N–H and O–H groups in total. The van der Waals surface area contributed by atoms with Crippen molar-refractivity contribution in [2.24, 2.45) is 5.92 Å². The number of hydrogen-bond acceptors (Lipinski definition) is 4. The molecule has 0 aliphatic heterocycles. The molecule has 0 rings (SSSR count). The van der Waals surface area contributed by atoms with Crippen molar-refractivity contribution in [3.8, 4) is 0 Å². The zero-order valence-corrected chi connectivity index (χ0v) is 11.2. The number of carboxylic acid groups (broad SMARTS) is 1. The quantitative estimate of drug-likeness (QED) is 0.574. The average Bonchev–Trinajstić information content (AvgIpc) is 2.33. The number of hydrogen-bond donors (Lipinski definition) is 3. The van der Waals surface area contributed by atoms with Crippen LogP contribution < -0.4 is 10.6 Å². The summed E-state index contributed by atoms with van der Waals surface area (Å²) in [5.74, 6) is -1.59. The van der Waals surface area contributed by atoms with E-state index in [-0.39, 0.29) is 6.10 Å². The summed E-state index contributed by atoms with van der Waals surface area (Å²) < 4.78 is 9.97. The van der Waals surface area contributed by atoms with E-state index in [4.69, 9.17) is 14.6 Å². The number of rotatable bonds is 8. The van der Waals surface area contributed by atoms with Crippen LogP contribution in [0.3, 0.4) is 0 Å². The molecule has 3 unspecified atom stereocenters. The number of carboxylic acids is 1. The second-order valence-electron chi connectivity index (χ2n) is 4.08. The molecule has 0 aromatic heterocycles. The van der Waals surface area contributed by atoms with Crippen LogP contribution in [0.15, 0.2) is 0 Å². The van der Waals surface area contributed by atoms with Gasteiger partial charge in [0.25, 0.3) is 0 Å². The molecule has 0 radical (unpaired) electrons. The Bertz CT molecular complexity index is 272. The van der Waals surface area contributed by atoms with E-state index in [1.807, 2.05) is 0 Å². The zero-order valence-electron chi connectivity index (χ0n) is 11.2. The molecule has 0 aliphatic rings. The molecule has 0 fully saturated rings. The molecule has 0 aliphatic carbocycles. The lowest BCUT2D eigenvalue weighted by molar-refractivity contribution is -0.141. The molecule has 3 atom stereocenters. The fraction of sp³-hybridized carbons (Fsp3) is 0.818. The highest BCUT2D eigenvalue weighted by Crippen LogP contribution is 2.01. The average molecular weight is 262 g/mol. The molecular formula is C11H22N2O5. The summed E-state index contributed by atoms with van der Waals surface area (Å²) in [5, 5.41) is 13.9. The van der Waals surface area contributed by atoms with E-state index in [1.54, 1.807) is 14.0 Å². The smallest absolute Gasteiger partial charge is 0.315 e. The maximum absolute atomic E-state index is 11.5. The number of ether oxygens (including phenoxy) is 2. The van der Waals surface area contributed by atoms with Crippen molar-refractivity contribution >= 4 is 12.0 Å². The summed E-state index contributed by atoms with van der Waals surface area (Å²) in [5.41, 5.74) is 0. The minimum absolute atomic E-state index is 0.229. The van der Waals surface area contributed by atoms with Crippen molar-refractivity contribution in [2.45, 2.75) is 26.0 Å². The van der Waals surface area contributed by atoms with Gasteiger partial charge in [-0.15, -0.1) is 0 Å². The number of aliphatic carboxylic acids is 1. The zero-order chi connectivity index (χ0) is 14.1. The fourth-order valence-electron chi connectivity index (χ4n) is 1.20. The first-order valence-electron chi connectivity index (χ1n) is 5.71. The maximum atomic E-state index is 11.5. The van der Waals surface area contributed by atoms with Gasteiger partial charge in [-0.25, -0.2) is 4.79 Å². The largest absolute Gasteiger partial charge is 0.481 e. The maximum Gasteiger partial charge on any atom is 0.315 e. The molecule has 0 heterocycles. The lowest BCUT2D eigenvalue weighted by atomic mass is 10.0. The van der Waals surface area contributed by atoms with Crippen molar-refractivity contribution in [3.63, 3.8) is 0 Å². The molecule has 0 saturated carbocycles. The highest BCUT2D eigenvalue weighted by atomic mass is 16.5. The minimum Gasteiger partial charge on any atom is -0.481 e. The van der Waals surface area contributed by atoms with Crippen LogP contribution in [0.4, 0.5) is 4.79 Å². The Morgan fingerprint density at radius 1 is 1.28 bits per heavy atom. The third-order valence-corrected chi connectivity index (χ3v) is 2.67. The molecule has 106 valence electrons. The predicted octanol–water partition coefficient (Wildman–Crippen LogP) is 0.0562. The first-order valence-corrected chi connectivity index (χ1v) is 5.71. The van der Waals surface area contributed by atoms with Gasteiger partial charge in [0.2, 0.25) is 0 Å². The van der Waals surface area contributed by atoms with Crippen LogP contribution in [-0.4, -0.2) is 56.6 Å². The van der Waals surface area contributed by atoms with Gasteiger partial charge in [-0.3, -0.25) is 4.79 Å². The van der Waals surface area contributed by atoms with Crippen molar-refractivity contribution < 1.29 is 24.2 Å². The van der Waals surface area contributed by atoms with Crippen LogP contribution in [0.1, 0.15) is 13.8 Å². The van der Waals surface area contributed by atoms with Crippen LogP contribution in [0.2, 0.25) is 0 Å². The molecule has 0 saturated heterocycles. The number of methoxy groups -OCH3 is 2. The van der Waals surface area contributed by atoms with E-state index >= 15 is 0 Å². The third kappa shape index (κ3) is 6.41. The van der Waals surface area contributed by atoms with Gasteiger partial charge in [-0.05, 0) is 13.8 Å². The number of carbonyl (C=O) groups is 2. The van der Waals surface area contributed by atoms with E-state index < -0.39 is 24.0 Å². The van der Waals surface area contributed by atoms with Crippen LogP contribution >= 0.6 is 0 Å². The van der Waals surface area contributed by atoms with Gasteiger partial charge in [0.1, 0.15) is 0 Å². The van der Waals surface area contributed by atoms with Crippen molar-refractivity contribution in [1.82, 2.24) is 10.6 Å². The number of amides is 2. The van der Waals surface area contributed by atoms with Crippen LogP contribution in [0.5, 0.6) is 0 Å². The number of urea groups is 1. The lowest BCUT2D eigenvalue weighted by Gasteiger charge is -2.20. The van der Waals surface area contributed by atoms with E-state index in [0.29, 0.717) is 13.2 Å². The summed E-state index contributed by atoms with van der Waals surface area (Å²) in [6, 6.07) is -0.875. The van der Waals surface area contributed by atoms with E-state index in [1.165, 1.54) is 14.0 Å². The van der Waals surface area contributed by atoms with Crippen LogP contribution in [0.25, 0.3) is 0 Å². The molecular weight excluding hydrogens is 240 g/mol. The Morgan fingerprint density at radius 2 is 1.89 bits per heavy atom. The highest BCUT2D eigenvalue weighted by Gasteiger charge is 2.21. The fourth-order valence-corrected chi connectivity index (χ4v) is 1.20. The van der Waals surface area contributed by atoms with Gasteiger partial charge in [0.15, 0.2) is 0 Å². The first-order chi connectivity index (χ1) is 8.42. The van der Waals surface area contributed by atoms with Gasteiger partial charge in [0.05, 0.1) is 18.6 Å². The van der Waals surface area contributed by atoms with E-state index in [2.05, 4.69) is 10.6 Å². The monoisotopic (exact) mass is 262 g/mol. The third-order valence-electron chi connectivity index (χ3n) is 2.67. The normalized spacial score (nSPS) is 15.6. The SMILES string of the molecule is COCC(CNC(=O)NC(C)C(C)C(=O)O)OC. The van der Waals surface area contributed by atoms with Crippen LogP contribution in [-0.2, 0) is 14.3 Å². The van der Waals surface area contributed by atoms with Crippen LogP contribution in [0, 0.1) is 5.92 Å². The first kappa shape index (κ1) is 16.7. The standard InChI is InChI=1S/C11H22N2O5/c1-7(10(14)15)8(2)13-11(16)12-5-9(18-4)6-17-3/h7-9H,5-6H2,1-4H3,(H,14,15)(H2,12,13,16). The molecule has 2 amide bonds. The number of nitrogens with one attached hydrogen (secondary N) is 2. The summed E-state index contributed by atoms with van der Waals surface area (Å²) in [6.07, 6.45) is -0.229. The lowest BCUT2D eigenvalue weighted by Crippen LogP contribution is -2.47. The summed E-state index contributed by atoms with van der Waals surface area (Å²) >= 11 is 0. The molecule has 0 aromatic rings. The molecule has 7 nitrogen and oxygen atoms in total.